The van der Waals surface area contributed by atoms with E-state index in [4.69, 9.17) is 0 Å². The topological polar surface area (TPSA) is 74.3 Å². The van der Waals surface area contributed by atoms with Gasteiger partial charge in [0.25, 0.3) is 0 Å². The normalized spacial score (nSPS) is 22.0. The van der Waals surface area contributed by atoms with Gasteiger partial charge in [-0.1, -0.05) is 20.8 Å². The van der Waals surface area contributed by atoms with Gasteiger partial charge in [0, 0.05) is 36.0 Å². The number of nitrogens with one attached hydrogen (secondary N) is 2. The van der Waals surface area contributed by atoms with Gasteiger partial charge in [-0.15, -0.1) is 11.3 Å². The van der Waals surface area contributed by atoms with Crippen LogP contribution >= 0.6 is 11.3 Å². The molecule has 0 aromatic carbocycles. The summed E-state index contributed by atoms with van der Waals surface area (Å²) in [5, 5.41) is 8.56. The first-order chi connectivity index (χ1) is 10.7. The maximum absolute atomic E-state index is 12.5. The third-order valence-electron chi connectivity index (χ3n) is 4.14. The summed E-state index contributed by atoms with van der Waals surface area (Å²) in [5.41, 5.74) is 0.246. The second-order valence-electron chi connectivity index (χ2n) is 7.10. The number of anilines is 1. The summed E-state index contributed by atoms with van der Waals surface area (Å²) in [4.78, 5) is 30.7. The van der Waals surface area contributed by atoms with E-state index in [1.54, 1.807) is 0 Å². The molecule has 2 atom stereocenters. The van der Waals surface area contributed by atoms with Crippen LogP contribution in [0.3, 0.4) is 0 Å². The van der Waals surface area contributed by atoms with Gasteiger partial charge in [0.05, 0.1) is 12.1 Å². The predicted molar refractivity (Wildman–Crippen MR) is 92.5 cm³/mol. The molecule has 2 rings (SSSR count). The zero-order valence-corrected chi connectivity index (χ0v) is 15.3. The molecule has 0 aliphatic carbocycles. The number of aromatic nitrogens is 1. The van der Waals surface area contributed by atoms with Crippen molar-refractivity contribution in [3.63, 3.8) is 0 Å². The van der Waals surface area contributed by atoms with E-state index >= 15 is 0 Å². The molecule has 1 aromatic rings. The Morgan fingerprint density at radius 1 is 1.43 bits per heavy atom. The average Bonchev–Trinajstić information content (AvgIpc) is 2.87. The van der Waals surface area contributed by atoms with Crippen molar-refractivity contribution in [3.05, 3.63) is 11.1 Å². The van der Waals surface area contributed by atoms with Gasteiger partial charge in [0.15, 0.2) is 5.13 Å². The van der Waals surface area contributed by atoms with Crippen molar-refractivity contribution in [2.75, 3.05) is 18.4 Å². The maximum Gasteiger partial charge on any atom is 0.231 e. The third-order valence-corrected chi connectivity index (χ3v) is 4.95. The molecule has 2 unspecified atom stereocenters. The molecule has 7 heteroatoms. The minimum absolute atomic E-state index is 0.0747. The van der Waals surface area contributed by atoms with Crippen LogP contribution in [0.15, 0.2) is 5.38 Å². The highest BCUT2D eigenvalue weighted by Gasteiger charge is 2.28. The molecule has 1 saturated heterocycles. The Morgan fingerprint density at radius 3 is 2.78 bits per heavy atom. The van der Waals surface area contributed by atoms with Gasteiger partial charge in [-0.3, -0.25) is 9.59 Å². The van der Waals surface area contributed by atoms with Crippen LogP contribution in [0.5, 0.6) is 0 Å². The number of hydrogen-bond acceptors (Lipinski definition) is 5. The third kappa shape index (κ3) is 4.51. The Labute approximate surface area is 141 Å². The zero-order valence-electron chi connectivity index (χ0n) is 14.5. The second-order valence-corrected chi connectivity index (χ2v) is 7.95. The van der Waals surface area contributed by atoms with Gasteiger partial charge in [0.1, 0.15) is 0 Å². The fourth-order valence-electron chi connectivity index (χ4n) is 2.40. The quantitative estimate of drug-likeness (QED) is 0.882. The van der Waals surface area contributed by atoms with Crippen LogP contribution in [-0.4, -0.2) is 46.9 Å². The van der Waals surface area contributed by atoms with Gasteiger partial charge in [0.2, 0.25) is 11.8 Å². The highest BCUT2D eigenvalue weighted by molar-refractivity contribution is 7.13. The van der Waals surface area contributed by atoms with Crippen LogP contribution in [0.4, 0.5) is 5.13 Å². The summed E-state index contributed by atoms with van der Waals surface area (Å²) < 4.78 is 0. The molecule has 23 heavy (non-hydrogen) atoms. The number of carbonyl (C=O) groups is 2. The molecule has 0 radical (unpaired) electrons. The Balaban J connectivity index is 1.96. The molecule has 0 saturated carbocycles. The Hall–Kier alpha value is -1.47. The van der Waals surface area contributed by atoms with Gasteiger partial charge in [-0.25, -0.2) is 4.98 Å². The maximum atomic E-state index is 12.5. The van der Waals surface area contributed by atoms with Crippen LogP contribution in [0.25, 0.3) is 0 Å². The highest BCUT2D eigenvalue weighted by Crippen LogP contribution is 2.21. The number of rotatable bonds is 3. The molecule has 128 valence electrons. The van der Waals surface area contributed by atoms with Crippen molar-refractivity contribution in [2.45, 2.75) is 53.1 Å². The van der Waals surface area contributed by atoms with Crippen LogP contribution in [0.1, 0.15) is 40.3 Å². The van der Waals surface area contributed by atoms with Crippen LogP contribution < -0.4 is 10.6 Å². The van der Waals surface area contributed by atoms with Gasteiger partial charge in [-0.2, -0.15) is 0 Å². The van der Waals surface area contributed by atoms with E-state index in [1.165, 1.54) is 11.3 Å². The molecule has 1 aliphatic rings. The Kier molecular flexibility index (Phi) is 5.41. The molecule has 1 fully saturated rings. The lowest BCUT2D eigenvalue weighted by Crippen LogP contribution is -2.57. The molecule has 1 aromatic heterocycles. The number of thiazole rings is 1. The number of amides is 2. The van der Waals surface area contributed by atoms with Gasteiger partial charge < -0.3 is 15.5 Å². The largest absolute Gasteiger partial charge is 0.337 e. The molecule has 0 bridgehead atoms. The summed E-state index contributed by atoms with van der Waals surface area (Å²) in [5.74, 6) is 0.0131. The molecule has 6 nitrogen and oxygen atoms in total. The van der Waals surface area contributed by atoms with E-state index in [0.717, 1.165) is 13.1 Å². The van der Waals surface area contributed by atoms with E-state index in [-0.39, 0.29) is 24.3 Å². The van der Waals surface area contributed by atoms with Crippen molar-refractivity contribution in [1.29, 1.82) is 0 Å². The highest BCUT2D eigenvalue weighted by atomic mass is 32.1. The lowest BCUT2D eigenvalue weighted by molar-refractivity contribution is -0.134. The number of nitrogens with zero attached hydrogens (tertiary/aromatic N) is 2. The fourth-order valence-corrected chi connectivity index (χ4v) is 3.10. The minimum atomic E-state index is -0.464. The average molecular weight is 338 g/mol. The molecular weight excluding hydrogens is 312 g/mol. The summed E-state index contributed by atoms with van der Waals surface area (Å²) in [6, 6.07) is 0.472. The van der Waals surface area contributed by atoms with Crippen molar-refractivity contribution in [2.24, 2.45) is 5.41 Å². The van der Waals surface area contributed by atoms with Gasteiger partial charge >= 0.3 is 0 Å². The molecule has 1 aliphatic heterocycles. The summed E-state index contributed by atoms with van der Waals surface area (Å²) in [7, 11) is 0. The number of piperazine rings is 1. The SMILES string of the molecule is CC1NCCN(C(=O)Cc2csc(NC(=O)C(C)(C)C)n2)C1C. The molecule has 2 heterocycles. The Bertz CT molecular complexity index is 579. The number of carbonyl (C=O) groups excluding carboxylic acids is 2. The van der Waals surface area contributed by atoms with Crippen molar-refractivity contribution >= 4 is 28.3 Å². The van der Waals surface area contributed by atoms with E-state index in [9.17, 15) is 9.59 Å². The molecule has 2 amide bonds. The molecule has 2 N–H and O–H groups in total. The first kappa shape index (κ1) is 17.9. The first-order valence-electron chi connectivity index (χ1n) is 7.97. The minimum Gasteiger partial charge on any atom is -0.337 e. The van der Waals surface area contributed by atoms with E-state index in [1.807, 2.05) is 31.1 Å². The smallest absolute Gasteiger partial charge is 0.231 e. The zero-order chi connectivity index (χ0) is 17.2. The lowest BCUT2D eigenvalue weighted by atomic mass is 9.96. The van der Waals surface area contributed by atoms with Crippen LogP contribution in [0.2, 0.25) is 0 Å². The standard InChI is InChI=1S/C16H26N4O2S/c1-10-11(2)20(7-6-17-10)13(21)8-12-9-23-15(18-12)19-14(22)16(3,4)5/h9-11,17H,6-8H2,1-5H3,(H,18,19,22). The fraction of sp³-hybridized carbons (Fsp3) is 0.688. The lowest BCUT2D eigenvalue weighted by Gasteiger charge is -2.38. The molecule has 0 spiro atoms. The van der Waals surface area contributed by atoms with Crippen LogP contribution in [0, 0.1) is 5.41 Å². The van der Waals surface area contributed by atoms with Crippen molar-refractivity contribution in [1.82, 2.24) is 15.2 Å². The monoisotopic (exact) mass is 338 g/mol. The van der Waals surface area contributed by atoms with Crippen molar-refractivity contribution < 1.29 is 9.59 Å². The second kappa shape index (κ2) is 6.97. The van der Waals surface area contributed by atoms with E-state index in [2.05, 4.69) is 29.5 Å². The summed E-state index contributed by atoms with van der Waals surface area (Å²) in [6.45, 7) is 11.3. The summed E-state index contributed by atoms with van der Waals surface area (Å²) in [6.07, 6.45) is 0.277. The van der Waals surface area contributed by atoms with Crippen LogP contribution in [-0.2, 0) is 16.0 Å². The van der Waals surface area contributed by atoms with E-state index in [0.29, 0.717) is 16.9 Å². The predicted octanol–water partition coefficient (Wildman–Crippen LogP) is 1.88. The van der Waals surface area contributed by atoms with E-state index < -0.39 is 5.41 Å². The van der Waals surface area contributed by atoms with Crippen molar-refractivity contribution in [3.8, 4) is 0 Å². The first-order valence-corrected chi connectivity index (χ1v) is 8.85. The molecular formula is C16H26N4O2S. The van der Waals surface area contributed by atoms with Gasteiger partial charge in [-0.05, 0) is 13.8 Å². The summed E-state index contributed by atoms with van der Waals surface area (Å²) >= 11 is 1.36. The Morgan fingerprint density at radius 2 is 2.13 bits per heavy atom. The number of hydrogen-bond donors (Lipinski definition) is 2.